The highest BCUT2D eigenvalue weighted by molar-refractivity contribution is 6.04. The van der Waals surface area contributed by atoms with E-state index in [2.05, 4.69) is 10.3 Å². The molecular formula is C18H19N3O. The first-order chi connectivity index (χ1) is 10.5. The first-order valence-corrected chi connectivity index (χ1v) is 7.29. The SMILES string of the molecule is Cc1ccc(C)c(NC(=O)c2c(C)nc3cc(C)ccn23)c1. The van der Waals surface area contributed by atoms with Crippen LogP contribution in [0.2, 0.25) is 0 Å². The van der Waals surface area contributed by atoms with Gasteiger partial charge in [0.25, 0.3) is 5.91 Å². The van der Waals surface area contributed by atoms with Gasteiger partial charge in [0.15, 0.2) is 0 Å². The average Bonchev–Trinajstić information content (AvgIpc) is 2.77. The number of pyridine rings is 1. The number of amides is 1. The summed E-state index contributed by atoms with van der Waals surface area (Å²) >= 11 is 0. The molecule has 0 unspecified atom stereocenters. The van der Waals surface area contributed by atoms with Crippen LogP contribution < -0.4 is 5.32 Å². The molecule has 1 amide bonds. The Kier molecular flexibility index (Phi) is 3.45. The van der Waals surface area contributed by atoms with E-state index in [0.717, 1.165) is 33.7 Å². The highest BCUT2D eigenvalue weighted by Crippen LogP contribution is 2.19. The van der Waals surface area contributed by atoms with Gasteiger partial charge in [-0.3, -0.25) is 9.20 Å². The van der Waals surface area contributed by atoms with E-state index in [4.69, 9.17) is 0 Å². The summed E-state index contributed by atoms with van der Waals surface area (Å²) in [4.78, 5) is 17.2. The number of nitrogens with one attached hydrogen (secondary N) is 1. The number of imidazole rings is 1. The minimum absolute atomic E-state index is 0.137. The van der Waals surface area contributed by atoms with Crippen molar-refractivity contribution in [2.45, 2.75) is 27.7 Å². The fourth-order valence-electron chi connectivity index (χ4n) is 2.59. The predicted octanol–water partition coefficient (Wildman–Crippen LogP) is 3.82. The van der Waals surface area contributed by atoms with Crippen LogP contribution in [-0.4, -0.2) is 15.3 Å². The number of nitrogens with zero attached hydrogens (tertiary/aromatic N) is 2. The molecule has 4 nitrogen and oxygen atoms in total. The topological polar surface area (TPSA) is 46.4 Å². The smallest absolute Gasteiger partial charge is 0.274 e. The second kappa shape index (κ2) is 5.30. The lowest BCUT2D eigenvalue weighted by molar-refractivity contribution is 0.102. The second-order valence-electron chi connectivity index (χ2n) is 5.75. The summed E-state index contributed by atoms with van der Waals surface area (Å²) in [6.07, 6.45) is 1.89. The monoisotopic (exact) mass is 293 g/mol. The van der Waals surface area contributed by atoms with Crippen LogP contribution in [0.4, 0.5) is 5.69 Å². The van der Waals surface area contributed by atoms with Gasteiger partial charge in [-0.1, -0.05) is 12.1 Å². The summed E-state index contributed by atoms with van der Waals surface area (Å²) in [5.41, 5.74) is 6.23. The number of rotatable bonds is 2. The maximum atomic E-state index is 12.7. The van der Waals surface area contributed by atoms with Crippen molar-refractivity contribution >= 4 is 17.2 Å². The summed E-state index contributed by atoms with van der Waals surface area (Å²) in [7, 11) is 0. The normalized spacial score (nSPS) is 10.9. The molecule has 0 fully saturated rings. The molecule has 0 aliphatic carbocycles. The Morgan fingerprint density at radius 1 is 1.05 bits per heavy atom. The molecule has 0 saturated heterocycles. The van der Waals surface area contributed by atoms with Crippen molar-refractivity contribution in [2.24, 2.45) is 0 Å². The lowest BCUT2D eigenvalue weighted by Crippen LogP contribution is -2.16. The molecule has 1 aromatic carbocycles. The summed E-state index contributed by atoms with van der Waals surface area (Å²) in [5, 5.41) is 3.00. The Labute approximate surface area is 129 Å². The van der Waals surface area contributed by atoms with E-state index >= 15 is 0 Å². The third kappa shape index (κ3) is 2.48. The van der Waals surface area contributed by atoms with E-state index in [1.165, 1.54) is 0 Å². The first-order valence-electron chi connectivity index (χ1n) is 7.29. The number of carbonyl (C=O) groups is 1. The fourth-order valence-corrected chi connectivity index (χ4v) is 2.59. The number of anilines is 1. The highest BCUT2D eigenvalue weighted by Gasteiger charge is 2.17. The second-order valence-corrected chi connectivity index (χ2v) is 5.75. The molecule has 0 aliphatic rings. The summed E-state index contributed by atoms with van der Waals surface area (Å²) in [5.74, 6) is -0.137. The summed E-state index contributed by atoms with van der Waals surface area (Å²) in [6.45, 7) is 7.87. The molecule has 4 heteroatoms. The number of hydrogen-bond donors (Lipinski definition) is 1. The van der Waals surface area contributed by atoms with E-state index in [1.807, 2.05) is 68.6 Å². The van der Waals surface area contributed by atoms with E-state index in [1.54, 1.807) is 0 Å². The zero-order chi connectivity index (χ0) is 15.9. The fraction of sp³-hybridized carbons (Fsp3) is 0.222. The molecule has 1 N–H and O–H groups in total. The van der Waals surface area contributed by atoms with Gasteiger partial charge in [0.1, 0.15) is 11.3 Å². The van der Waals surface area contributed by atoms with Gasteiger partial charge >= 0.3 is 0 Å². The van der Waals surface area contributed by atoms with Crippen LogP contribution in [0, 0.1) is 27.7 Å². The number of fused-ring (bicyclic) bond motifs is 1. The summed E-state index contributed by atoms with van der Waals surface area (Å²) in [6, 6.07) is 9.98. The molecule has 0 aliphatic heterocycles. The molecule has 3 aromatic rings. The van der Waals surface area contributed by atoms with Crippen molar-refractivity contribution in [3.05, 3.63) is 64.6 Å². The van der Waals surface area contributed by atoms with Crippen molar-refractivity contribution < 1.29 is 4.79 Å². The molecule has 2 aromatic heterocycles. The largest absolute Gasteiger partial charge is 0.320 e. The van der Waals surface area contributed by atoms with Gasteiger partial charge < -0.3 is 5.32 Å². The zero-order valence-corrected chi connectivity index (χ0v) is 13.3. The lowest BCUT2D eigenvalue weighted by atomic mass is 10.1. The Morgan fingerprint density at radius 3 is 2.55 bits per heavy atom. The average molecular weight is 293 g/mol. The maximum absolute atomic E-state index is 12.7. The van der Waals surface area contributed by atoms with Gasteiger partial charge in [-0.25, -0.2) is 4.98 Å². The maximum Gasteiger partial charge on any atom is 0.274 e. The van der Waals surface area contributed by atoms with E-state index in [9.17, 15) is 4.79 Å². The molecule has 0 bridgehead atoms. The minimum atomic E-state index is -0.137. The van der Waals surface area contributed by atoms with Gasteiger partial charge in [0.05, 0.1) is 5.69 Å². The quantitative estimate of drug-likeness (QED) is 0.780. The van der Waals surface area contributed by atoms with Crippen LogP contribution >= 0.6 is 0 Å². The molecule has 2 heterocycles. The van der Waals surface area contributed by atoms with E-state index in [0.29, 0.717) is 5.69 Å². The summed E-state index contributed by atoms with van der Waals surface area (Å²) < 4.78 is 1.84. The third-order valence-corrected chi connectivity index (χ3v) is 3.81. The molecule has 0 spiro atoms. The van der Waals surface area contributed by atoms with Crippen molar-refractivity contribution in [2.75, 3.05) is 5.32 Å². The van der Waals surface area contributed by atoms with Gasteiger partial charge in [0, 0.05) is 11.9 Å². The van der Waals surface area contributed by atoms with Crippen molar-refractivity contribution in [1.29, 1.82) is 0 Å². The zero-order valence-electron chi connectivity index (χ0n) is 13.3. The van der Waals surface area contributed by atoms with Crippen molar-refractivity contribution in [3.63, 3.8) is 0 Å². The van der Waals surface area contributed by atoms with Crippen LogP contribution in [0.15, 0.2) is 36.5 Å². The Hall–Kier alpha value is -2.62. The van der Waals surface area contributed by atoms with Crippen LogP contribution in [0.3, 0.4) is 0 Å². The predicted molar refractivity (Wildman–Crippen MR) is 88.5 cm³/mol. The van der Waals surface area contributed by atoms with Gasteiger partial charge in [-0.2, -0.15) is 0 Å². The third-order valence-electron chi connectivity index (χ3n) is 3.81. The van der Waals surface area contributed by atoms with Gasteiger partial charge in [-0.15, -0.1) is 0 Å². The standard InChI is InChI=1S/C18H19N3O/c1-11-5-6-13(3)15(9-11)20-18(22)17-14(4)19-16-10-12(2)7-8-21(16)17/h5-10H,1-4H3,(H,20,22). The molecule has 0 atom stereocenters. The molecular weight excluding hydrogens is 274 g/mol. The highest BCUT2D eigenvalue weighted by atomic mass is 16.2. The van der Waals surface area contributed by atoms with Crippen LogP contribution in [0.25, 0.3) is 5.65 Å². The Morgan fingerprint density at radius 2 is 1.77 bits per heavy atom. The Balaban J connectivity index is 2.02. The lowest BCUT2D eigenvalue weighted by Gasteiger charge is -2.10. The number of carbonyl (C=O) groups excluding carboxylic acids is 1. The molecule has 22 heavy (non-hydrogen) atoms. The number of benzene rings is 1. The Bertz CT molecular complexity index is 877. The molecule has 112 valence electrons. The van der Waals surface area contributed by atoms with Crippen LogP contribution in [0.1, 0.15) is 32.9 Å². The minimum Gasteiger partial charge on any atom is -0.320 e. The van der Waals surface area contributed by atoms with Crippen LogP contribution in [0.5, 0.6) is 0 Å². The number of aromatic nitrogens is 2. The van der Waals surface area contributed by atoms with Gasteiger partial charge in [-0.05, 0) is 62.6 Å². The van der Waals surface area contributed by atoms with Crippen molar-refractivity contribution in [1.82, 2.24) is 9.38 Å². The van der Waals surface area contributed by atoms with E-state index < -0.39 is 0 Å². The van der Waals surface area contributed by atoms with Gasteiger partial charge in [0.2, 0.25) is 0 Å². The number of aryl methyl sites for hydroxylation is 4. The first kappa shape index (κ1) is 14.3. The van der Waals surface area contributed by atoms with Crippen molar-refractivity contribution in [3.8, 4) is 0 Å². The molecule has 3 rings (SSSR count). The molecule has 0 saturated carbocycles. The van der Waals surface area contributed by atoms with E-state index in [-0.39, 0.29) is 5.91 Å². The molecule has 0 radical (unpaired) electrons. The number of hydrogen-bond acceptors (Lipinski definition) is 2. The van der Waals surface area contributed by atoms with Crippen LogP contribution in [-0.2, 0) is 0 Å².